The summed E-state index contributed by atoms with van der Waals surface area (Å²) in [6.07, 6.45) is 2.47. The molecule has 0 N–H and O–H groups in total. The first-order valence-corrected chi connectivity index (χ1v) is 7.98. The zero-order valence-corrected chi connectivity index (χ0v) is 12.7. The van der Waals surface area contributed by atoms with Gasteiger partial charge >= 0.3 is 0 Å². The van der Waals surface area contributed by atoms with Crippen LogP contribution in [-0.4, -0.2) is 43.0 Å². The second kappa shape index (κ2) is 7.17. The number of carbonyl (C=O) groups is 1. The first-order chi connectivity index (χ1) is 9.22. The molecule has 106 valence electrons. The SMILES string of the molecule is CCCN1CCOC(C(=O)Cc2ccc(CC)s2)C1. The van der Waals surface area contributed by atoms with Crippen molar-refractivity contribution in [3.8, 4) is 0 Å². The largest absolute Gasteiger partial charge is 0.368 e. The van der Waals surface area contributed by atoms with Crippen LogP contribution in [0, 0.1) is 0 Å². The number of ketones is 1. The molecule has 0 amide bonds. The standard InChI is InChI=1S/C15H23NO2S/c1-3-7-16-8-9-18-15(11-16)14(17)10-13-6-5-12(4-2)19-13/h5-6,15H,3-4,7-11H2,1-2H3. The van der Waals surface area contributed by atoms with Crippen LogP contribution in [0.5, 0.6) is 0 Å². The molecule has 1 unspecified atom stereocenters. The van der Waals surface area contributed by atoms with E-state index < -0.39 is 0 Å². The van der Waals surface area contributed by atoms with Crippen LogP contribution < -0.4 is 0 Å². The third kappa shape index (κ3) is 4.13. The van der Waals surface area contributed by atoms with Crippen molar-refractivity contribution in [2.45, 2.75) is 39.2 Å². The maximum Gasteiger partial charge on any atom is 0.168 e. The van der Waals surface area contributed by atoms with E-state index in [9.17, 15) is 4.79 Å². The summed E-state index contributed by atoms with van der Waals surface area (Å²) in [5, 5.41) is 0. The third-order valence-electron chi connectivity index (χ3n) is 3.46. The number of nitrogens with zero attached hydrogens (tertiary/aromatic N) is 1. The van der Waals surface area contributed by atoms with Crippen molar-refractivity contribution >= 4 is 17.1 Å². The maximum absolute atomic E-state index is 12.3. The molecule has 1 aromatic rings. The quantitative estimate of drug-likeness (QED) is 0.802. The lowest BCUT2D eigenvalue weighted by Crippen LogP contribution is -2.46. The fourth-order valence-corrected chi connectivity index (χ4v) is 3.38. The number of Topliss-reactive ketones (excluding diaryl/α,β-unsaturated/α-hetero) is 1. The van der Waals surface area contributed by atoms with E-state index in [-0.39, 0.29) is 11.9 Å². The topological polar surface area (TPSA) is 29.5 Å². The van der Waals surface area contributed by atoms with Crippen molar-refractivity contribution in [2.75, 3.05) is 26.2 Å². The van der Waals surface area contributed by atoms with Crippen LogP contribution in [0.3, 0.4) is 0 Å². The summed E-state index contributed by atoms with van der Waals surface area (Å²) in [7, 11) is 0. The molecule has 1 atom stereocenters. The highest BCUT2D eigenvalue weighted by atomic mass is 32.1. The Kier molecular flexibility index (Phi) is 5.55. The molecule has 0 aromatic carbocycles. The van der Waals surface area contributed by atoms with E-state index in [0.29, 0.717) is 13.0 Å². The number of hydrogen-bond acceptors (Lipinski definition) is 4. The summed E-state index contributed by atoms with van der Waals surface area (Å²) in [6, 6.07) is 4.20. The minimum atomic E-state index is -0.229. The summed E-state index contributed by atoms with van der Waals surface area (Å²) in [5.41, 5.74) is 0. The van der Waals surface area contributed by atoms with Crippen molar-refractivity contribution < 1.29 is 9.53 Å². The molecular formula is C15H23NO2S. The predicted molar refractivity (Wildman–Crippen MR) is 78.9 cm³/mol. The summed E-state index contributed by atoms with van der Waals surface area (Å²) < 4.78 is 5.64. The third-order valence-corrected chi connectivity index (χ3v) is 4.69. The normalized spacial score (nSPS) is 20.6. The van der Waals surface area contributed by atoms with Crippen molar-refractivity contribution in [1.29, 1.82) is 0 Å². The fraction of sp³-hybridized carbons (Fsp3) is 0.667. The first-order valence-electron chi connectivity index (χ1n) is 7.17. The molecule has 3 nitrogen and oxygen atoms in total. The number of hydrogen-bond donors (Lipinski definition) is 0. The minimum Gasteiger partial charge on any atom is -0.368 e. The lowest BCUT2D eigenvalue weighted by atomic mass is 10.1. The Bertz CT molecular complexity index is 414. The maximum atomic E-state index is 12.3. The van der Waals surface area contributed by atoms with Gasteiger partial charge < -0.3 is 4.74 Å². The highest BCUT2D eigenvalue weighted by molar-refractivity contribution is 7.12. The predicted octanol–water partition coefficient (Wildman–Crippen LogP) is 2.53. The molecule has 2 heterocycles. The number of ether oxygens (including phenoxy) is 1. The van der Waals surface area contributed by atoms with E-state index in [1.807, 2.05) is 0 Å². The zero-order valence-electron chi connectivity index (χ0n) is 11.9. The Morgan fingerprint density at radius 3 is 2.89 bits per heavy atom. The number of rotatable bonds is 6. The number of thiophene rings is 1. The van der Waals surface area contributed by atoms with Gasteiger partial charge in [-0.15, -0.1) is 11.3 Å². The van der Waals surface area contributed by atoms with Crippen LogP contribution in [0.25, 0.3) is 0 Å². The summed E-state index contributed by atoms with van der Waals surface area (Å²) in [6.45, 7) is 7.77. The summed E-state index contributed by atoms with van der Waals surface area (Å²) in [5.74, 6) is 0.227. The van der Waals surface area contributed by atoms with Gasteiger partial charge in [-0.2, -0.15) is 0 Å². The number of aryl methyl sites for hydroxylation is 1. The Morgan fingerprint density at radius 1 is 1.42 bits per heavy atom. The Balaban J connectivity index is 1.88. The number of carbonyl (C=O) groups excluding carboxylic acids is 1. The average Bonchev–Trinajstić information content (AvgIpc) is 2.87. The molecule has 0 aliphatic carbocycles. The molecule has 2 rings (SSSR count). The van der Waals surface area contributed by atoms with Gasteiger partial charge in [0.25, 0.3) is 0 Å². The van der Waals surface area contributed by atoms with Gasteiger partial charge in [-0.1, -0.05) is 13.8 Å². The van der Waals surface area contributed by atoms with Gasteiger partial charge in [-0.3, -0.25) is 9.69 Å². The molecule has 0 radical (unpaired) electrons. The zero-order chi connectivity index (χ0) is 13.7. The van der Waals surface area contributed by atoms with Crippen molar-refractivity contribution in [2.24, 2.45) is 0 Å². The van der Waals surface area contributed by atoms with Gasteiger partial charge in [-0.25, -0.2) is 0 Å². The van der Waals surface area contributed by atoms with Crippen molar-refractivity contribution in [1.82, 2.24) is 4.90 Å². The van der Waals surface area contributed by atoms with E-state index >= 15 is 0 Å². The smallest absolute Gasteiger partial charge is 0.168 e. The van der Waals surface area contributed by atoms with Crippen LogP contribution in [0.2, 0.25) is 0 Å². The molecule has 1 saturated heterocycles. The average molecular weight is 281 g/mol. The molecule has 19 heavy (non-hydrogen) atoms. The Hall–Kier alpha value is -0.710. The second-order valence-electron chi connectivity index (χ2n) is 5.02. The van der Waals surface area contributed by atoms with Gasteiger partial charge in [-0.05, 0) is 31.5 Å². The molecule has 0 saturated carbocycles. The van der Waals surface area contributed by atoms with Gasteiger partial charge in [0.15, 0.2) is 5.78 Å². The van der Waals surface area contributed by atoms with Crippen LogP contribution in [0.4, 0.5) is 0 Å². The van der Waals surface area contributed by atoms with E-state index in [2.05, 4.69) is 30.9 Å². The van der Waals surface area contributed by atoms with Crippen molar-refractivity contribution in [3.05, 3.63) is 21.9 Å². The lowest BCUT2D eigenvalue weighted by Gasteiger charge is -2.31. The summed E-state index contributed by atoms with van der Waals surface area (Å²) in [4.78, 5) is 17.1. The van der Waals surface area contributed by atoms with Crippen LogP contribution in [0.15, 0.2) is 12.1 Å². The van der Waals surface area contributed by atoms with E-state index in [0.717, 1.165) is 37.4 Å². The lowest BCUT2D eigenvalue weighted by molar-refractivity contribution is -0.135. The Morgan fingerprint density at radius 2 is 2.21 bits per heavy atom. The highest BCUT2D eigenvalue weighted by Crippen LogP contribution is 2.19. The summed E-state index contributed by atoms with van der Waals surface area (Å²) >= 11 is 1.75. The number of morpholine rings is 1. The molecule has 1 aliphatic heterocycles. The van der Waals surface area contributed by atoms with Gasteiger partial charge in [0.1, 0.15) is 6.10 Å². The molecule has 4 heteroatoms. The first kappa shape index (κ1) is 14.7. The molecule has 1 aromatic heterocycles. The van der Waals surface area contributed by atoms with Gasteiger partial charge in [0, 0.05) is 29.3 Å². The second-order valence-corrected chi connectivity index (χ2v) is 6.28. The van der Waals surface area contributed by atoms with E-state index in [4.69, 9.17) is 4.74 Å². The van der Waals surface area contributed by atoms with Crippen molar-refractivity contribution in [3.63, 3.8) is 0 Å². The minimum absolute atomic E-state index is 0.227. The molecule has 0 spiro atoms. The van der Waals surface area contributed by atoms with E-state index in [1.165, 1.54) is 4.88 Å². The van der Waals surface area contributed by atoms with E-state index in [1.54, 1.807) is 11.3 Å². The molecule has 1 aliphatic rings. The van der Waals surface area contributed by atoms with Crippen LogP contribution >= 0.6 is 11.3 Å². The fourth-order valence-electron chi connectivity index (χ4n) is 2.41. The highest BCUT2D eigenvalue weighted by Gasteiger charge is 2.26. The molecule has 1 fully saturated rings. The van der Waals surface area contributed by atoms with Gasteiger partial charge in [0.05, 0.1) is 6.61 Å². The monoisotopic (exact) mass is 281 g/mol. The Labute approximate surface area is 119 Å². The molecule has 0 bridgehead atoms. The molecular weight excluding hydrogens is 258 g/mol. The van der Waals surface area contributed by atoms with Crippen LogP contribution in [-0.2, 0) is 22.4 Å². The van der Waals surface area contributed by atoms with Crippen LogP contribution in [0.1, 0.15) is 30.0 Å². The van der Waals surface area contributed by atoms with Gasteiger partial charge in [0.2, 0.25) is 0 Å².